The smallest absolute Gasteiger partial charge is 0.336 e. The Hall–Kier alpha value is -5.67. The maximum atomic E-state index is 13.8. The average Bonchev–Trinajstić information content (AvgIpc) is 3.04. The maximum Gasteiger partial charge on any atom is 0.336 e. The molecule has 5 rings (SSSR count). The molecule has 0 unspecified atom stereocenters. The van der Waals surface area contributed by atoms with Crippen molar-refractivity contribution in [2.45, 2.75) is 19.8 Å². The molecule has 6 heteroatoms. The Morgan fingerprint density at radius 1 is 0.651 bits per heavy atom. The first-order valence-electron chi connectivity index (χ1n) is 13.9. The number of rotatable bonds is 8. The zero-order valence-electron chi connectivity index (χ0n) is 23.5. The number of unbranched alkanes of at least 4 members (excludes halogenated alkanes) is 1. The van der Waals surface area contributed by atoms with Gasteiger partial charge in [0, 0.05) is 22.3 Å². The lowest BCUT2D eigenvalue weighted by Gasteiger charge is -2.18. The van der Waals surface area contributed by atoms with E-state index in [0.29, 0.717) is 39.8 Å². The molecule has 0 radical (unpaired) electrons. The van der Waals surface area contributed by atoms with Gasteiger partial charge in [-0.2, -0.15) is 0 Å². The topological polar surface area (TPSA) is 81.9 Å². The molecule has 0 aliphatic heterocycles. The van der Waals surface area contributed by atoms with Gasteiger partial charge in [0.1, 0.15) is 0 Å². The molecule has 0 fully saturated rings. The van der Waals surface area contributed by atoms with Crippen LogP contribution in [0.2, 0.25) is 0 Å². The van der Waals surface area contributed by atoms with E-state index in [1.807, 2.05) is 31.2 Å². The summed E-state index contributed by atoms with van der Waals surface area (Å²) in [4.78, 5) is 56.0. The predicted octanol–water partition coefficient (Wildman–Crippen LogP) is 6.87. The fraction of sp³-hybridized carbons (Fsp3) is 0.108. The van der Waals surface area contributed by atoms with Crippen molar-refractivity contribution in [2.75, 3.05) is 6.61 Å². The Morgan fingerprint density at radius 2 is 1.07 bits per heavy atom. The molecule has 6 nitrogen and oxygen atoms in total. The van der Waals surface area contributed by atoms with E-state index >= 15 is 0 Å². The summed E-state index contributed by atoms with van der Waals surface area (Å²) in [6, 6.07) is 24.8. The summed E-state index contributed by atoms with van der Waals surface area (Å²) in [5, 5.41) is 0. The van der Waals surface area contributed by atoms with Gasteiger partial charge in [0.05, 0.1) is 13.2 Å². The highest BCUT2D eigenvalue weighted by Crippen LogP contribution is 2.35. The molecule has 0 atom stereocenters. The van der Waals surface area contributed by atoms with Gasteiger partial charge in [0.2, 0.25) is 0 Å². The van der Waals surface area contributed by atoms with Crippen molar-refractivity contribution >= 4 is 45.6 Å². The first-order valence-corrected chi connectivity index (χ1v) is 13.9. The molecule has 2 aliphatic rings. The molecule has 3 aromatic carbocycles. The number of nitrogens with zero attached hydrogens (tertiary/aromatic N) is 1. The van der Waals surface area contributed by atoms with Crippen LogP contribution in [0, 0.1) is 6.57 Å². The molecule has 2 aliphatic carbocycles. The normalized spacial score (nSPS) is 16.0. The third-order valence-corrected chi connectivity index (χ3v) is 7.14. The molecule has 0 bridgehead atoms. The molecule has 0 saturated heterocycles. The molecule has 210 valence electrons. The number of ketones is 3. The van der Waals surface area contributed by atoms with Crippen LogP contribution in [0.1, 0.15) is 42.0 Å². The van der Waals surface area contributed by atoms with Crippen LogP contribution in [-0.4, -0.2) is 29.9 Å². The van der Waals surface area contributed by atoms with E-state index in [1.54, 1.807) is 66.7 Å². The molecule has 0 saturated carbocycles. The minimum Gasteiger partial charge on any atom is -0.471 e. The Balaban J connectivity index is 1.52. The van der Waals surface area contributed by atoms with Crippen LogP contribution < -0.4 is 0 Å². The number of allylic oxidation sites excluding steroid dienone is 9. The number of ether oxygens (including phenoxy) is 1. The van der Waals surface area contributed by atoms with Gasteiger partial charge in [-0.3, -0.25) is 19.2 Å². The van der Waals surface area contributed by atoms with E-state index in [1.165, 1.54) is 18.2 Å². The molecular formula is C37H27NO5. The lowest BCUT2D eigenvalue weighted by atomic mass is 9.84. The zero-order valence-corrected chi connectivity index (χ0v) is 23.5. The summed E-state index contributed by atoms with van der Waals surface area (Å²) < 4.78 is 5.32. The number of Topliss-reactive ketones (excluding diaryl/α,β-unsaturated/α-hetero) is 2. The fourth-order valence-electron chi connectivity index (χ4n) is 4.90. The van der Waals surface area contributed by atoms with E-state index in [9.17, 15) is 19.2 Å². The number of carbonyl (C=O) groups is 4. The Morgan fingerprint density at radius 3 is 1.49 bits per heavy atom. The van der Waals surface area contributed by atoms with Gasteiger partial charge >= 0.3 is 5.97 Å². The lowest BCUT2D eigenvalue weighted by Crippen LogP contribution is -2.14. The van der Waals surface area contributed by atoms with Crippen LogP contribution in [0.4, 0.5) is 0 Å². The van der Waals surface area contributed by atoms with Gasteiger partial charge < -0.3 is 4.74 Å². The van der Waals surface area contributed by atoms with Crippen molar-refractivity contribution in [1.29, 1.82) is 0 Å². The maximum absolute atomic E-state index is 13.8. The van der Waals surface area contributed by atoms with E-state index in [-0.39, 0.29) is 46.4 Å². The van der Waals surface area contributed by atoms with Crippen molar-refractivity contribution in [1.82, 2.24) is 0 Å². The SMILES string of the molecule is [C-]#[N+]C(C(=O)OCCCC)=C1C=C(c2ccccc2)C(=O)C(c2ccc(C3=CC(=O)C=C(c4ccccc4)C3=O)cc2)=C1. The van der Waals surface area contributed by atoms with E-state index in [0.717, 1.165) is 6.42 Å². The van der Waals surface area contributed by atoms with Crippen LogP contribution in [0.25, 0.3) is 27.1 Å². The van der Waals surface area contributed by atoms with Crippen molar-refractivity contribution in [3.8, 4) is 0 Å². The highest BCUT2D eigenvalue weighted by Gasteiger charge is 2.28. The average molecular weight is 566 g/mol. The number of hydrogen-bond acceptors (Lipinski definition) is 5. The summed E-state index contributed by atoms with van der Waals surface area (Å²) in [5.74, 6) is -1.57. The van der Waals surface area contributed by atoms with E-state index < -0.39 is 5.97 Å². The molecular weight excluding hydrogens is 538 g/mol. The van der Waals surface area contributed by atoms with Crippen LogP contribution in [0.3, 0.4) is 0 Å². The van der Waals surface area contributed by atoms with Crippen LogP contribution >= 0.6 is 0 Å². The van der Waals surface area contributed by atoms with Crippen LogP contribution in [-0.2, 0) is 23.9 Å². The summed E-state index contributed by atoms with van der Waals surface area (Å²) in [5.41, 5.74) is 3.65. The highest BCUT2D eigenvalue weighted by atomic mass is 16.5. The van der Waals surface area contributed by atoms with Crippen molar-refractivity contribution in [2.24, 2.45) is 0 Å². The molecule has 0 heterocycles. The zero-order chi connectivity index (χ0) is 30.3. The standard InChI is InChI=1S/C37H27NO5/c1-3-4-19-43-37(42)34(38-2)28-20-30(24-11-7-5-8-12-24)35(40)31(21-28)26-15-17-27(18-16-26)33-23-29(39)22-32(36(33)41)25-13-9-6-10-14-25/h5-18,20-23H,3-4,19H2,1H3. The minimum atomic E-state index is -0.739. The quantitative estimate of drug-likeness (QED) is 0.0979. The number of hydrogen-bond donors (Lipinski definition) is 0. The van der Waals surface area contributed by atoms with E-state index in [2.05, 4.69) is 4.85 Å². The molecule has 0 spiro atoms. The van der Waals surface area contributed by atoms with Gasteiger partial charge in [0.25, 0.3) is 5.70 Å². The second-order valence-electron chi connectivity index (χ2n) is 10.0. The summed E-state index contributed by atoms with van der Waals surface area (Å²) in [6.07, 6.45) is 7.26. The highest BCUT2D eigenvalue weighted by molar-refractivity contribution is 6.48. The largest absolute Gasteiger partial charge is 0.471 e. The Labute approximate surface area is 249 Å². The first-order chi connectivity index (χ1) is 20.9. The summed E-state index contributed by atoms with van der Waals surface area (Å²) in [7, 11) is 0. The van der Waals surface area contributed by atoms with Gasteiger partial charge in [-0.05, 0) is 46.4 Å². The lowest BCUT2D eigenvalue weighted by molar-refractivity contribution is -0.138. The Kier molecular flexibility index (Phi) is 8.64. The molecule has 0 amide bonds. The van der Waals surface area contributed by atoms with Gasteiger partial charge in [-0.15, -0.1) is 0 Å². The molecule has 3 aromatic rings. The number of esters is 1. The monoisotopic (exact) mass is 565 g/mol. The van der Waals surface area contributed by atoms with Gasteiger partial charge in [-0.1, -0.05) is 110 Å². The Bertz CT molecular complexity index is 1810. The predicted molar refractivity (Wildman–Crippen MR) is 166 cm³/mol. The van der Waals surface area contributed by atoms with Crippen molar-refractivity contribution < 1.29 is 23.9 Å². The first kappa shape index (κ1) is 28.8. The second-order valence-corrected chi connectivity index (χ2v) is 10.0. The minimum absolute atomic E-state index is 0.200. The molecule has 43 heavy (non-hydrogen) atoms. The summed E-state index contributed by atoms with van der Waals surface area (Å²) in [6.45, 7) is 9.88. The fourth-order valence-corrected chi connectivity index (χ4v) is 4.90. The number of benzene rings is 3. The van der Waals surface area contributed by atoms with Gasteiger partial charge in [-0.25, -0.2) is 4.85 Å². The van der Waals surface area contributed by atoms with E-state index in [4.69, 9.17) is 11.3 Å². The molecule has 0 N–H and O–H groups in total. The third-order valence-electron chi connectivity index (χ3n) is 7.14. The second kappa shape index (κ2) is 12.9. The van der Waals surface area contributed by atoms with Crippen LogP contribution in [0.5, 0.6) is 0 Å². The molecule has 0 aromatic heterocycles. The van der Waals surface area contributed by atoms with Crippen LogP contribution in [0.15, 0.2) is 121 Å². The third kappa shape index (κ3) is 6.17. The van der Waals surface area contributed by atoms with Crippen molar-refractivity contribution in [3.05, 3.63) is 154 Å². The van der Waals surface area contributed by atoms with Crippen molar-refractivity contribution in [3.63, 3.8) is 0 Å². The van der Waals surface area contributed by atoms with Gasteiger partial charge in [0.15, 0.2) is 17.3 Å². The summed E-state index contributed by atoms with van der Waals surface area (Å²) >= 11 is 0. The number of carbonyl (C=O) groups excluding carboxylic acids is 4.